The smallest absolute Gasteiger partial charge is 0.212 e. The summed E-state index contributed by atoms with van der Waals surface area (Å²) in [6.07, 6.45) is 4.43. The van der Waals surface area contributed by atoms with Crippen molar-refractivity contribution in [2.24, 2.45) is 12.2 Å². The molecule has 0 saturated carbocycles. The Morgan fingerprint density at radius 3 is 2.52 bits per heavy atom. The summed E-state index contributed by atoms with van der Waals surface area (Å²) in [5.41, 5.74) is 2.51. The average molecular weight is 361 g/mol. The quantitative estimate of drug-likeness (QED) is 0.771. The Balaban J connectivity index is 2.22. The van der Waals surface area contributed by atoms with Crippen LogP contribution in [0.1, 0.15) is 31.0 Å². The van der Waals surface area contributed by atoms with Gasteiger partial charge in [0.05, 0.1) is 35.4 Å². The fourth-order valence-electron chi connectivity index (χ4n) is 2.68. The average Bonchev–Trinajstić information content (AvgIpc) is 2.98. The Morgan fingerprint density at radius 2 is 2.04 bits per heavy atom. The van der Waals surface area contributed by atoms with Crippen LogP contribution in [0, 0.1) is 11.3 Å². The number of benzene rings is 1. The van der Waals surface area contributed by atoms with Crippen LogP contribution >= 0.6 is 0 Å². The molecule has 1 heterocycles. The van der Waals surface area contributed by atoms with Gasteiger partial charge in [-0.2, -0.15) is 5.26 Å². The number of aryl methyl sites for hydroxylation is 1. The van der Waals surface area contributed by atoms with Gasteiger partial charge in [-0.1, -0.05) is 6.92 Å². The number of anilines is 1. The zero-order chi connectivity index (χ0) is 18.4. The van der Waals surface area contributed by atoms with Crippen LogP contribution in [0.15, 0.2) is 36.8 Å². The third-order valence-corrected chi connectivity index (χ3v) is 5.77. The van der Waals surface area contributed by atoms with Crippen molar-refractivity contribution in [3.8, 4) is 6.07 Å². The molecular formula is C17H23N5O2S. The van der Waals surface area contributed by atoms with Crippen LogP contribution in [-0.2, 0) is 23.6 Å². The number of hydrogen-bond acceptors (Lipinski definition) is 5. The molecule has 0 aliphatic rings. The fourth-order valence-corrected chi connectivity index (χ4v) is 3.58. The predicted molar refractivity (Wildman–Crippen MR) is 97.2 cm³/mol. The van der Waals surface area contributed by atoms with Gasteiger partial charge in [-0.15, -0.1) is 0 Å². The van der Waals surface area contributed by atoms with Crippen LogP contribution in [0.5, 0.6) is 0 Å². The first-order valence-electron chi connectivity index (χ1n) is 8.07. The maximum absolute atomic E-state index is 11.7. The van der Waals surface area contributed by atoms with E-state index in [2.05, 4.69) is 16.0 Å². The second-order valence-electron chi connectivity index (χ2n) is 5.98. The number of nitrogens with zero attached hydrogens (tertiary/aromatic N) is 4. The molecule has 1 aromatic carbocycles. The van der Waals surface area contributed by atoms with Crippen molar-refractivity contribution in [2.75, 3.05) is 11.4 Å². The molecule has 2 rings (SSSR count). The SMILES string of the molecule is CCC(CCN(Cc1cncn1C)c1ccc(C#N)cc1)S(N)(=O)=O. The summed E-state index contributed by atoms with van der Waals surface area (Å²) in [5.74, 6) is 0. The number of aromatic nitrogens is 2. The van der Waals surface area contributed by atoms with Gasteiger partial charge < -0.3 is 9.47 Å². The minimum atomic E-state index is -3.56. The number of rotatable bonds is 8. The van der Waals surface area contributed by atoms with Crippen molar-refractivity contribution in [2.45, 2.75) is 31.6 Å². The Labute approximate surface area is 148 Å². The van der Waals surface area contributed by atoms with E-state index in [4.69, 9.17) is 10.4 Å². The molecule has 8 heteroatoms. The number of sulfonamides is 1. The molecule has 2 N–H and O–H groups in total. The van der Waals surface area contributed by atoms with E-state index < -0.39 is 15.3 Å². The normalized spacial score (nSPS) is 12.6. The lowest BCUT2D eigenvalue weighted by molar-refractivity contribution is 0.564. The highest BCUT2D eigenvalue weighted by Crippen LogP contribution is 2.20. The molecule has 1 aromatic heterocycles. The third kappa shape index (κ3) is 5.05. The van der Waals surface area contributed by atoms with Gasteiger partial charge in [0.25, 0.3) is 0 Å². The summed E-state index contributed by atoms with van der Waals surface area (Å²) in [6, 6.07) is 9.34. The monoisotopic (exact) mass is 361 g/mol. The van der Waals surface area contributed by atoms with E-state index in [1.165, 1.54) is 0 Å². The summed E-state index contributed by atoms with van der Waals surface area (Å²) >= 11 is 0. The Bertz CT molecular complexity index is 837. The summed E-state index contributed by atoms with van der Waals surface area (Å²) < 4.78 is 25.3. The highest BCUT2D eigenvalue weighted by atomic mass is 32.2. The minimum Gasteiger partial charge on any atom is -0.366 e. The van der Waals surface area contributed by atoms with Gasteiger partial charge in [-0.05, 0) is 37.1 Å². The highest BCUT2D eigenvalue weighted by Gasteiger charge is 2.21. The maximum Gasteiger partial charge on any atom is 0.212 e. The molecule has 0 bridgehead atoms. The molecule has 0 saturated heterocycles. The zero-order valence-electron chi connectivity index (χ0n) is 14.5. The fraction of sp³-hybridized carbons (Fsp3) is 0.412. The van der Waals surface area contributed by atoms with Gasteiger partial charge in [-0.25, -0.2) is 18.5 Å². The predicted octanol–water partition coefficient (Wildman–Crippen LogP) is 1.76. The van der Waals surface area contributed by atoms with Crippen LogP contribution in [0.2, 0.25) is 0 Å². The van der Waals surface area contributed by atoms with Crippen LogP contribution in [0.3, 0.4) is 0 Å². The van der Waals surface area contributed by atoms with Crippen LogP contribution in [0.25, 0.3) is 0 Å². The molecule has 0 aliphatic carbocycles. The van der Waals surface area contributed by atoms with Crippen molar-refractivity contribution in [3.63, 3.8) is 0 Å². The lowest BCUT2D eigenvalue weighted by atomic mass is 10.1. The molecular weight excluding hydrogens is 338 g/mol. The van der Waals surface area contributed by atoms with Crippen LogP contribution in [0.4, 0.5) is 5.69 Å². The molecule has 1 atom stereocenters. The summed E-state index contributed by atoms with van der Waals surface area (Å²) in [5, 5.41) is 13.7. The van der Waals surface area contributed by atoms with Crippen molar-refractivity contribution >= 4 is 15.7 Å². The van der Waals surface area contributed by atoms with E-state index in [1.807, 2.05) is 30.7 Å². The largest absolute Gasteiger partial charge is 0.366 e. The van der Waals surface area contributed by atoms with E-state index >= 15 is 0 Å². The van der Waals surface area contributed by atoms with E-state index in [9.17, 15) is 8.42 Å². The molecule has 2 aromatic rings. The second kappa shape index (κ2) is 8.14. The van der Waals surface area contributed by atoms with E-state index in [0.717, 1.165) is 11.4 Å². The summed E-state index contributed by atoms with van der Waals surface area (Å²) in [7, 11) is -1.65. The van der Waals surface area contributed by atoms with Crippen molar-refractivity contribution in [1.82, 2.24) is 9.55 Å². The Hall–Kier alpha value is -2.37. The number of hydrogen-bond donors (Lipinski definition) is 1. The molecule has 1 unspecified atom stereocenters. The molecule has 0 spiro atoms. The van der Waals surface area contributed by atoms with Crippen molar-refractivity contribution < 1.29 is 8.42 Å². The maximum atomic E-state index is 11.7. The molecule has 0 fully saturated rings. The lowest BCUT2D eigenvalue weighted by Crippen LogP contribution is -2.33. The van der Waals surface area contributed by atoms with Crippen molar-refractivity contribution in [1.29, 1.82) is 5.26 Å². The Kier molecular flexibility index (Phi) is 6.17. The van der Waals surface area contributed by atoms with Gasteiger partial charge in [0.1, 0.15) is 0 Å². The van der Waals surface area contributed by atoms with Gasteiger partial charge >= 0.3 is 0 Å². The third-order valence-electron chi connectivity index (χ3n) is 4.27. The molecule has 0 radical (unpaired) electrons. The highest BCUT2D eigenvalue weighted by molar-refractivity contribution is 7.89. The van der Waals surface area contributed by atoms with Crippen molar-refractivity contribution in [3.05, 3.63) is 48.0 Å². The lowest BCUT2D eigenvalue weighted by Gasteiger charge is -2.26. The molecule has 25 heavy (non-hydrogen) atoms. The minimum absolute atomic E-state index is 0.438. The van der Waals surface area contributed by atoms with Gasteiger partial charge in [0.2, 0.25) is 10.0 Å². The number of imidazole rings is 1. The molecule has 0 amide bonds. The second-order valence-corrected chi connectivity index (χ2v) is 7.83. The number of nitrogens with two attached hydrogens (primary N) is 1. The van der Waals surface area contributed by atoms with Crippen LogP contribution in [-0.4, -0.2) is 29.8 Å². The zero-order valence-corrected chi connectivity index (χ0v) is 15.3. The standard InChI is InChI=1S/C17H23N5O2S/c1-3-17(25(19,23)24)8-9-22(12-16-11-20-13-21(16)2)15-6-4-14(10-18)5-7-15/h4-7,11,13,17H,3,8-9,12H2,1-2H3,(H2,19,23,24). The molecule has 0 aliphatic heterocycles. The van der Waals surface area contributed by atoms with Gasteiger partial charge in [0.15, 0.2) is 0 Å². The summed E-state index contributed by atoms with van der Waals surface area (Å²) in [4.78, 5) is 6.20. The Morgan fingerprint density at radius 1 is 1.36 bits per heavy atom. The summed E-state index contributed by atoms with van der Waals surface area (Å²) in [6.45, 7) is 2.94. The molecule has 7 nitrogen and oxygen atoms in total. The first-order valence-corrected chi connectivity index (χ1v) is 9.68. The van der Waals surface area contributed by atoms with E-state index in [-0.39, 0.29) is 0 Å². The van der Waals surface area contributed by atoms with E-state index in [0.29, 0.717) is 31.5 Å². The number of nitriles is 1. The molecule has 134 valence electrons. The van der Waals surface area contributed by atoms with Gasteiger partial charge in [0, 0.05) is 25.5 Å². The number of primary sulfonamides is 1. The topological polar surface area (TPSA) is 105 Å². The first-order chi connectivity index (χ1) is 11.8. The van der Waals surface area contributed by atoms with Gasteiger partial charge in [-0.3, -0.25) is 0 Å². The van der Waals surface area contributed by atoms with Crippen LogP contribution < -0.4 is 10.0 Å². The first kappa shape index (κ1) is 19.0. The van der Waals surface area contributed by atoms with E-state index in [1.54, 1.807) is 24.7 Å².